The minimum Gasteiger partial charge on any atom is -0.480 e. The number of hydrogen-bond acceptors (Lipinski definition) is 7. The number of aliphatic carboxylic acids is 1. The number of aliphatic hydroxyl groups is 1. The lowest BCUT2D eigenvalue weighted by molar-refractivity contribution is -0.148. The third-order valence-electron chi connectivity index (χ3n) is 9.35. The average Bonchev–Trinajstić information content (AvgIpc) is 3.05. The predicted octanol–water partition coefficient (Wildman–Crippen LogP) is 5.33. The van der Waals surface area contributed by atoms with E-state index in [1.54, 1.807) is 13.8 Å². The maximum absolute atomic E-state index is 13.6. The molecule has 0 spiro atoms. The fourth-order valence-corrected chi connectivity index (χ4v) is 6.11. The van der Waals surface area contributed by atoms with Crippen LogP contribution in [0.15, 0.2) is 54.7 Å². The molecule has 4 atom stereocenters. The van der Waals surface area contributed by atoms with Crippen LogP contribution in [-0.2, 0) is 24.6 Å². The van der Waals surface area contributed by atoms with Gasteiger partial charge in [0, 0.05) is 41.4 Å². The number of carboxylic acids is 1. The summed E-state index contributed by atoms with van der Waals surface area (Å²) in [4.78, 5) is 55.8. The van der Waals surface area contributed by atoms with Crippen molar-refractivity contribution in [2.75, 3.05) is 6.54 Å². The van der Waals surface area contributed by atoms with E-state index in [0.29, 0.717) is 38.6 Å². The van der Waals surface area contributed by atoms with Crippen molar-refractivity contribution in [1.82, 2.24) is 20.7 Å². The first-order chi connectivity index (χ1) is 22.2. The Morgan fingerprint density at radius 1 is 1.04 bits per heavy atom. The van der Waals surface area contributed by atoms with Crippen molar-refractivity contribution in [3.05, 3.63) is 65.9 Å². The monoisotopic (exact) mass is 644 g/mol. The topological polar surface area (TPSA) is 149 Å². The van der Waals surface area contributed by atoms with Crippen LogP contribution in [-0.4, -0.2) is 62.4 Å². The SMILES string of the molecule is CC(C)[C@H](CCCC(=O)C(C)(C)c1cccc(-c2cc3cc([C@@H](C)O)ccc3cn2)c1)C(=O)N[C@@H](C)C(=O)N1CCC[C@@H](C(=O)O)N1. The Hall–Kier alpha value is -4.15. The van der Waals surface area contributed by atoms with Crippen molar-refractivity contribution in [3.8, 4) is 11.3 Å². The van der Waals surface area contributed by atoms with Gasteiger partial charge in [-0.1, -0.05) is 44.2 Å². The molecule has 4 N–H and O–H groups in total. The first-order valence-electron chi connectivity index (χ1n) is 16.5. The summed E-state index contributed by atoms with van der Waals surface area (Å²) in [5.74, 6) is -1.98. The fraction of sp³-hybridized carbons (Fsp3) is 0.486. The van der Waals surface area contributed by atoms with Crippen molar-refractivity contribution in [2.45, 2.75) is 97.2 Å². The third kappa shape index (κ3) is 8.61. The van der Waals surface area contributed by atoms with E-state index in [1.807, 2.05) is 82.4 Å². The molecular formula is C37H48N4O6. The van der Waals surface area contributed by atoms with Crippen molar-refractivity contribution >= 4 is 34.3 Å². The molecule has 1 aromatic heterocycles. The maximum Gasteiger partial charge on any atom is 0.322 e. The largest absolute Gasteiger partial charge is 0.480 e. The molecule has 0 bridgehead atoms. The summed E-state index contributed by atoms with van der Waals surface area (Å²) < 4.78 is 0. The van der Waals surface area contributed by atoms with Crippen LogP contribution in [0.1, 0.15) is 90.9 Å². The maximum atomic E-state index is 13.6. The highest BCUT2D eigenvalue weighted by molar-refractivity contribution is 5.91. The van der Waals surface area contributed by atoms with Gasteiger partial charge in [-0.25, -0.2) is 5.43 Å². The van der Waals surface area contributed by atoms with Crippen molar-refractivity contribution < 1.29 is 29.4 Å². The van der Waals surface area contributed by atoms with E-state index < -0.39 is 29.6 Å². The molecule has 2 aromatic carbocycles. The highest BCUT2D eigenvalue weighted by atomic mass is 16.4. The van der Waals surface area contributed by atoms with Crippen LogP contribution < -0.4 is 10.7 Å². The lowest BCUT2D eigenvalue weighted by Gasteiger charge is -2.34. The minimum absolute atomic E-state index is 0.00674. The summed E-state index contributed by atoms with van der Waals surface area (Å²) in [6.45, 7) is 11.4. The molecule has 2 amide bonds. The molecule has 2 heterocycles. The number of carbonyl (C=O) groups is 4. The number of nitrogens with zero attached hydrogens (tertiary/aromatic N) is 2. The number of pyridine rings is 1. The number of nitrogens with one attached hydrogen (secondary N) is 2. The second kappa shape index (κ2) is 15.2. The van der Waals surface area contributed by atoms with Gasteiger partial charge in [0.25, 0.3) is 5.91 Å². The van der Waals surface area contributed by atoms with Crippen LogP contribution in [0.4, 0.5) is 0 Å². The number of ketones is 1. The summed E-state index contributed by atoms with van der Waals surface area (Å²) >= 11 is 0. The zero-order valence-electron chi connectivity index (χ0n) is 28.2. The Morgan fingerprint density at radius 2 is 1.79 bits per heavy atom. The van der Waals surface area contributed by atoms with E-state index in [1.165, 1.54) is 5.01 Å². The molecule has 1 aliphatic heterocycles. The van der Waals surface area contributed by atoms with Crippen LogP contribution in [0.3, 0.4) is 0 Å². The number of hydrazine groups is 1. The summed E-state index contributed by atoms with van der Waals surface area (Å²) in [6.07, 6.45) is 3.55. The summed E-state index contributed by atoms with van der Waals surface area (Å²) in [6, 6.07) is 14.0. The second-order valence-corrected chi connectivity index (χ2v) is 13.6. The van der Waals surface area contributed by atoms with Gasteiger partial charge in [0.05, 0.1) is 11.8 Å². The smallest absolute Gasteiger partial charge is 0.322 e. The van der Waals surface area contributed by atoms with Crippen LogP contribution in [0.25, 0.3) is 22.0 Å². The van der Waals surface area contributed by atoms with Gasteiger partial charge in [-0.3, -0.25) is 29.2 Å². The molecule has 4 rings (SSSR count). The van der Waals surface area contributed by atoms with E-state index in [0.717, 1.165) is 33.2 Å². The second-order valence-electron chi connectivity index (χ2n) is 13.6. The van der Waals surface area contributed by atoms with E-state index >= 15 is 0 Å². The van der Waals surface area contributed by atoms with Gasteiger partial charge in [0.2, 0.25) is 5.91 Å². The molecule has 1 fully saturated rings. The average molecular weight is 645 g/mol. The van der Waals surface area contributed by atoms with Gasteiger partial charge in [-0.05, 0) is 94.0 Å². The number of carbonyl (C=O) groups excluding carboxylic acids is 3. The lowest BCUT2D eigenvalue weighted by atomic mass is 9.77. The minimum atomic E-state index is -1.01. The molecule has 0 unspecified atom stereocenters. The molecule has 0 radical (unpaired) electrons. The molecule has 1 aliphatic rings. The fourth-order valence-electron chi connectivity index (χ4n) is 6.11. The normalized spacial score (nSPS) is 17.3. The van der Waals surface area contributed by atoms with Crippen molar-refractivity contribution in [2.24, 2.45) is 11.8 Å². The van der Waals surface area contributed by atoms with Crippen LogP contribution in [0.2, 0.25) is 0 Å². The number of hydrogen-bond donors (Lipinski definition) is 4. The molecule has 10 heteroatoms. The molecule has 252 valence electrons. The number of benzene rings is 2. The Kier molecular flexibility index (Phi) is 11.5. The molecule has 47 heavy (non-hydrogen) atoms. The Morgan fingerprint density at radius 3 is 2.47 bits per heavy atom. The molecule has 10 nitrogen and oxygen atoms in total. The van der Waals surface area contributed by atoms with Gasteiger partial charge in [-0.2, -0.15) is 0 Å². The standard InChI is InChI=1S/C37H48N4O6/c1-22(2)30(34(44)39-23(3)35(45)41-17-9-13-31(40-41)36(46)47)12-8-14-33(43)37(5,6)29-11-7-10-26(19-29)32-20-28-18-25(24(4)42)15-16-27(28)21-38-32/h7,10-11,15-16,18-24,30-31,40,42H,8-9,12-14,17H2,1-6H3,(H,39,44)(H,46,47)/t23-,24+,30-,31-/m0/s1. The number of rotatable bonds is 13. The van der Waals surface area contributed by atoms with Crippen LogP contribution in [0.5, 0.6) is 0 Å². The zero-order valence-corrected chi connectivity index (χ0v) is 28.2. The highest BCUT2D eigenvalue weighted by Gasteiger charge is 2.33. The van der Waals surface area contributed by atoms with Gasteiger partial charge in [0.15, 0.2) is 0 Å². The first-order valence-corrected chi connectivity index (χ1v) is 16.5. The van der Waals surface area contributed by atoms with Gasteiger partial charge in [0.1, 0.15) is 17.9 Å². The van der Waals surface area contributed by atoms with Gasteiger partial charge >= 0.3 is 5.97 Å². The number of amides is 2. The Labute approximate surface area is 276 Å². The van der Waals surface area contributed by atoms with Crippen LogP contribution >= 0.6 is 0 Å². The van der Waals surface area contributed by atoms with Crippen molar-refractivity contribution in [1.29, 1.82) is 0 Å². The van der Waals surface area contributed by atoms with E-state index in [-0.39, 0.29) is 29.4 Å². The number of aromatic nitrogens is 1. The molecule has 3 aromatic rings. The first kappa shape index (κ1) is 35.7. The van der Waals surface area contributed by atoms with E-state index in [2.05, 4.69) is 15.7 Å². The summed E-state index contributed by atoms with van der Waals surface area (Å²) in [5.41, 5.74) is 5.36. The van der Waals surface area contributed by atoms with Gasteiger partial charge in [-0.15, -0.1) is 0 Å². The molecule has 0 aliphatic carbocycles. The third-order valence-corrected chi connectivity index (χ3v) is 9.35. The summed E-state index contributed by atoms with van der Waals surface area (Å²) in [5, 5.41) is 25.4. The number of carboxylic acid groups (broad SMARTS) is 1. The van der Waals surface area contributed by atoms with E-state index in [9.17, 15) is 29.4 Å². The Bertz CT molecular complexity index is 1620. The highest BCUT2D eigenvalue weighted by Crippen LogP contribution is 2.32. The van der Waals surface area contributed by atoms with E-state index in [4.69, 9.17) is 0 Å². The van der Waals surface area contributed by atoms with Crippen molar-refractivity contribution in [3.63, 3.8) is 0 Å². The van der Waals surface area contributed by atoms with Crippen LogP contribution in [0, 0.1) is 11.8 Å². The quantitative estimate of drug-likeness (QED) is 0.195. The van der Waals surface area contributed by atoms with Gasteiger partial charge < -0.3 is 15.5 Å². The molecular weight excluding hydrogens is 596 g/mol. The number of aliphatic hydroxyl groups excluding tert-OH is 1. The number of fused-ring (bicyclic) bond motifs is 1. The lowest BCUT2D eigenvalue weighted by Crippen LogP contribution is -2.59. The molecule has 0 saturated carbocycles. The predicted molar refractivity (Wildman–Crippen MR) is 181 cm³/mol. The summed E-state index contributed by atoms with van der Waals surface area (Å²) in [7, 11) is 0. The Balaban J connectivity index is 1.37. The zero-order chi connectivity index (χ0) is 34.5. The molecule has 1 saturated heterocycles. The number of Topliss-reactive ketones (excluding diaryl/α,β-unsaturated/α-hetero) is 1.